The van der Waals surface area contributed by atoms with E-state index in [0.717, 1.165) is 11.6 Å². The number of nitrogens with one attached hydrogen (secondary N) is 1. The Bertz CT molecular complexity index is 920. The molecule has 0 saturated carbocycles. The van der Waals surface area contributed by atoms with Gasteiger partial charge in [-0.25, -0.2) is 17.8 Å². The Hall–Kier alpha value is -2.67. The Labute approximate surface area is 132 Å². The minimum Gasteiger partial charge on any atom is -0.444 e. The summed E-state index contributed by atoms with van der Waals surface area (Å²) in [5, 5.41) is 0. The molecule has 0 unspecified atom stereocenters. The van der Waals surface area contributed by atoms with E-state index >= 15 is 0 Å². The first kappa shape index (κ1) is 15.2. The molecule has 23 heavy (non-hydrogen) atoms. The van der Waals surface area contributed by atoms with Gasteiger partial charge in [0.05, 0.1) is 11.1 Å². The first-order valence-corrected chi connectivity index (χ1v) is 8.22. The maximum atomic E-state index is 13.1. The third-order valence-corrected chi connectivity index (χ3v) is 4.82. The minimum atomic E-state index is -3.78. The van der Waals surface area contributed by atoms with Gasteiger partial charge in [-0.1, -0.05) is 0 Å². The Morgan fingerprint density at radius 1 is 1.13 bits per heavy atom. The van der Waals surface area contributed by atoms with Crippen molar-refractivity contribution in [1.82, 2.24) is 4.98 Å². The number of aryl methyl sites for hydroxylation is 1. The van der Waals surface area contributed by atoms with E-state index in [1.807, 2.05) is 0 Å². The molecular weight excluding hydrogens is 319 g/mol. The van der Waals surface area contributed by atoms with E-state index < -0.39 is 15.8 Å². The smallest absolute Gasteiger partial charge is 0.262 e. The summed E-state index contributed by atoms with van der Waals surface area (Å²) in [4.78, 5) is 3.87. The van der Waals surface area contributed by atoms with Crippen molar-refractivity contribution >= 4 is 15.7 Å². The van der Waals surface area contributed by atoms with Crippen LogP contribution >= 0.6 is 0 Å². The number of hydrogen-bond donors (Lipinski definition) is 1. The average molecular weight is 332 g/mol. The summed E-state index contributed by atoms with van der Waals surface area (Å²) < 4.78 is 45.5. The van der Waals surface area contributed by atoms with Crippen LogP contribution in [0, 0.1) is 12.7 Å². The maximum absolute atomic E-state index is 13.1. The molecule has 0 aliphatic carbocycles. The number of aromatic nitrogens is 1. The van der Waals surface area contributed by atoms with Crippen molar-refractivity contribution in [3.05, 3.63) is 66.4 Å². The highest BCUT2D eigenvalue weighted by molar-refractivity contribution is 7.92. The largest absolute Gasteiger partial charge is 0.444 e. The lowest BCUT2D eigenvalue weighted by molar-refractivity contribution is 0.572. The molecule has 1 N–H and O–H groups in total. The summed E-state index contributed by atoms with van der Waals surface area (Å²) in [6.07, 6.45) is 2.89. The number of oxazole rings is 1. The minimum absolute atomic E-state index is 0.0400. The van der Waals surface area contributed by atoms with Crippen LogP contribution in [0.5, 0.6) is 0 Å². The van der Waals surface area contributed by atoms with Crippen molar-refractivity contribution in [1.29, 1.82) is 0 Å². The van der Waals surface area contributed by atoms with Crippen LogP contribution < -0.4 is 4.72 Å². The number of nitrogens with zero attached hydrogens (tertiary/aromatic N) is 1. The van der Waals surface area contributed by atoms with Crippen molar-refractivity contribution in [2.24, 2.45) is 0 Å². The van der Waals surface area contributed by atoms with Gasteiger partial charge in [0.25, 0.3) is 10.0 Å². The maximum Gasteiger partial charge on any atom is 0.262 e. The van der Waals surface area contributed by atoms with E-state index in [2.05, 4.69) is 9.71 Å². The predicted molar refractivity (Wildman–Crippen MR) is 83.9 cm³/mol. The molecule has 0 bridgehead atoms. The van der Waals surface area contributed by atoms with Gasteiger partial charge in [0, 0.05) is 11.3 Å². The summed E-state index contributed by atoms with van der Waals surface area (Å²) >= 11 is 0. The molecule has 0 atom stereocenters. The van der Waals surface area contributed by atoms with E-state index in [-0.39, 0.29) is 4.90 Å². The highest BCUT2D eigenvalue weighted by atomic mass is 32.2. The second-order valence-electron chi connectivity index (χ2n) is 4.96. The highest BCUT2D eigenvalue weighted by Gasteiger charge is 2.17. The number of benzene rings is 2. The molecule has 5 nitrogen and oxygen atoms in total. The molecule has 0 amide bonds. The van der Waals surface area contributed by atoms with Gasteiger partial charge in [-0.2, -0.15) is 0 Å². The Balaban J connectivity index is 1.86. The quantitative estimate of drug-likeness (QED) is 0.792. The first-order valence-electron chi connectivity index (χ1n) is 6.73. The average Bonchev–Trinajstić information content (AvgIpc) is 3.01. The highest BCUT2D eigenvalue weighted by Crippen LogP contribution is 2.23. The van der Waals surface area contributed by atoms with Gasteiger partial charge in [-0.15, -0.1) is 0 Å². The molecule has 118 valence electrons. The molecule has 0 spiro atoms. The molecule has 1 heterocycles. The second kappa shape index (κ2) is 5.85. The zero-order valence-corrected chi connectivity index (χ0v) is 13.0. The van der Waals surface area contributed by atoms with Crippen LogP contribution in [0.2, 0.25) is 0 Å². The van der Waals surface area contributed by atoms with Crippen LogP contribution in [0.3, 0.4) is 0 Å². The fourth-order valence-corrected chi connectivity index (χ4v) is 3.47. The third kappa shape index (κ3) is 3.24. The summed E-state index contributed by atoms with van der Waals surface area (Å²) in [7, 11) is -3.78. The van der Waals surface area contributed by atoms with Crippen LogP contribution in [-0.4, -0.2) is 13.4 Å². The zero-order chi connectivity index (χ0) is 16.4. The molecule has 1 aromatic heterocycles. The van der Waals surface area contributed by atoms with Crippen molar-refractivity contribution in [3.8, 4) is 11.3 Å². The van der Waals surface area contributed by atoms with Crippen molar-refractivity contribution in [2.45, 2.75) is 11.8 Å². The van der Waals surface area contributed by atoms with E-state index in [4.69, 9.17) is 4.42 Å². The lowest BCUT2D eigenvalue weighted by Crippen LogP contribution is -2.14. The summed E-state index contributed by atoms with van der Waals surface area (Å²) in [6.45, 7) is 1.55. The van der Waals surface area contributed by atoms with Gasteiger partial charge in [0.15, 0.2) is 12.2 Å². The lowest BCUT2D eigenvalue weighted by atomic mass is 10.2. The molecule has 0 fully saturated rings. The SMILES string of the molecule is Cc1cc(F)ccc1S(=O)(=O)Nc1ccc(-c2cnco2)cc1. The van der Waals surface area contributed by atoms with Crippen molar-refractivity contribution < 1.29 is 17.2 Å². The molecule has 3 rings (SSSR count). The summed E-state index contributed by atoms with van der Waals surface area (Å²) in [5.74, 6) is 0.117. The molecular formula is C16H13FN2O3S. The van der Waals surface area contributed by atoms with Crippen LogP contribution in [-0.2, 0) is 10.0 Å². The van der Waals surface area contributed by atoms with Crippen LogP contribution in [0.15, 0.2) is 64.4 Å². The molecule has 3 aromatic rings. The van der Waals surface area contributed by atoms with Gasteiger partial charge >= 0.3 is 0 Å². The van der Waals surface area contributed by atoms with E-state index in [1.165, 1.54) is 18.5 Å². The van der Waals surface area contributed by atoms with E-state index in [9.17, 15) is 12.8 Å². The van der Waals surface area contributed by atoms with Gasteiger partial charge < -0.3 is 4.42 Å². The van der Waals surface area contributed by atoms with E-state index in [0.29, 0.717) is 17.0 Å². The van der Waals surface area contributed by atoms with Crippen molar-refractivity contribution in [3.63, 3.8) is 0 Å². The van der Waals surface area contributed by atoms with Crippen LogP contribution in [0.25, 0.3) is 11.3 Å². The molecule has 0 aliphatic heterocycles. The number of sulfonamides is 1. The molecule has 0 saturated heterocycles. The van der Waals surface area contributed by atoms with Gasteiger partial charge in [0.1, 0.15) is 5.82 Å². The third-order valence-electron chi connectivity index (χ3n) is 3.28. The van der Waals surface area contributed by atoms with Crippen LogP contribution in [0.1, 0.15) is 5.56 Å². The molecule has 2 aromatic carbocycles. The van der Waals surface area contributed by atoms with Crippen molar-refractivity contribution in [2.75, 3.05) is 4.72 Å². The Kier molecular flexibility index (Phi) is 3.87. The van der Waals surface area contributed by atoms with Crippen LogP contribution in [0.4, 0.5) is 10.1 Å². The van der Waals surface area contributed by atoms with Gasteiger partial charge in [0.2, 0.25) is 0 Å². The number of rotatable bonds is 4. The monoisotopic (exact) mass is 332 g/mol. The second-order valence-corrected chi connectivity index (χ2v) is 6.61. The number of hydrogen-bond acceptors (Lipinski definition) is 4. The summed E-state index contributed by atoms with van der Waals surface area (Å²) in [5.41, 5.74) is 1.52. The molecule has 7 heteroatoms. The fourth-order valence-electron chi connectivity index (χ4n) is 2.19. The standard InChI is InChI=1S/C16H13FN2O3S/c1-11-8-13(17)4-7-16(11)23(20,21)19-14-5-2-12(3-6-14)15-9-18-10-22-15/h2-10,19H,1H3. The molecule has 0 aliphatic rings. The zero-order valence-electron chi connectivity index (χ0n) is 12.2. The topological polar surface area (TPSA) is 72.2 Å². The fraction of sp³-hybridized carbons (Fsp3) is 0.0625. The normalized spacial score (nSPS) is 11.4. The summed E-state index contributed by atoms with van der Waals surface area (Å²) in [6, 6.07) is 10.2. The van der Waals surface area contributed by atoms with Gasteiger partial charge in [-0.3, -0.25) is 4.72 Å². The first-order chi connectivity index (χ1) is 11.0. The Morgan fingerprint density at radius 3 is 2.48 bits per heavy atom. The molecule has 0 radical (unpaired) electrons. The van der Waals surface area contributed by atoms with Gasteiger partial charge in [-0.05, 0) is 55.0 Å². The number of halogens is 1. The Morgan fingerprint density at radius 2 is 1.87 bits per heavy atom. The predicted octanol–water partition coefficient (Wildman–Crippen LogP) is 3.59. The number of anilines is 1. The lowest BCUT2D eigenvalue weighted by Gasteiger charge is -2.10. The van der Waals surface area contributed by atoms with E-state index in [1.54, 1.807) is 37.4 Å².